The summed E-state index contributed by atoms with van der Waals surface area (Å²) in [7, 11) is 3.14. The van der Waals surface area contributed by atoms with Crippen LogP contribution in [0, 0.1) is 23.1 Å². The number of fused-ring (bicyclic) bond motifs is 3. The molecular weight excluding hydrogens is 651 g/mol. The molecule has 1 aromatic heterocycles. The van der Waals surface area contributed by atoms with Gasteiger partial charge in [-0.25, -0.2) is 9.18 Å². The molecule has 2 heterocycles. The molecule has 3 amide bonds. The van der Waals surface area contributed by atoms with Crippen LogP contribution in [0.5, 0.6) is 0 Å². The number of nitriles is 1. The van der Waals surface area contributed by atoms with E-state index >= 15 is 0 Å². The number of aromatic amines is 1. The number of likely N-dealkylation sites (tertiary alicyclic amines) is 1. The Balaban J connectivity index is 1.38. The molecule has 262 valence electrons. The number of carbonyl (C=O) groups is 3. The van der Waals surface area contributed by atoms with Crippen molar-refractivity contribution in [2.45, 2.75) is 62.6 Å². The summed E-state index contributed by atoms with van der Waals surface area (Å²) in [6.07, 6.45) is 3.00. The smallest absolute Gasteiger partial charge is 0.348 e. The largest absolute Gasteiger partial charge is 0.355 e. The van der Waals surface area contributed by atoms with Crippen LogP contribution in [0.15, 0.2) is 65.5 Å². The van der Waals surface area contributed by atoms with Crippen LogP contribution < -0.4 is 21.6 Å². The van der Waals surface area contributed by atoms with Crippen LogP contribution in [0.3, 0.4) is 0 Å². The fraction of sp³-hybridized carbons (Fsp3) is 0.368. The third kappa shape index (κ3) is 5.99. The molecule has 4 N–H and O–H groups in total. The van der Waals surface area contributed by atoms with Crippen molar-refractivity contribution in [1.29, 1.82) is 5.26 Å². The lowest BCUT2D eigenvalue weighted by molar-refractivity contribution is -0.131. The van der Waals surface area contributed by atoms with Gasteiger partial charge in [0.25, 0.3) is 11.8 Å². The van der Waals surface area contributed by atoms with E-state index in [0.29, 0.717) is 54.2 Å². The molecular formula is C38H39FN8O4. The lowest BCUT2D eigenvalue weighted by Gasteiger charge is -2.37. The monoisotopic (exact) mass is 690 g/mol. The molecule has 3 aliphatic rings. The van der Waals surface area contributed by atoms with Crippen molar-refractivity contribution in [3.8, 4) is 11.8 Å². The predicted molar refractivity (Wildman–Crippen MR) is 186 cm³/mol. The Labute approximate surface area is 294 Å². The highest BCUT2D eigenvalue weighted by Gasteiger charge is 2.54. The molecule has 2 aliphatic carbocycles. The molecule has 1 aliphatic heterocycles. The maximum absolute atomic E-state index is 13.9. The average Bonchev–Trinajstić information content (AvgIpc) is 3.68. The van der Waals surface area contributed by atoms with Gasteiger partial charge in [-0.2, -0.15) is 9.94 Å². The van der Waals surface area contributed by atoms with Gasteiger partial charge in [0.1, 0.15) is 17.7 Å². The summed E-state index contributed by atoms with van der Waals surface area (Å²) in [5.41, 5.74) is 2.99. The summed E-state index contributed by atoms with van der Waals surface area (Å²) in [4.78, 5) is 57.5. The molecule has 3 aromatic carbocycles. The fourth-order valence-electron chi connectivity index (χ4n) is 8.08. The first-order valence-corrected chi connectivity index (χ1v) is 17.2. The molecule has 13 heteroatoms. The first-order chi connectivity index (χ1) is 24.6. The Morgan fingerprint density at radius 2 is 1.59 bits per heavy atom. The summed E-state index contributed by atoms with van der Waals surface area (Å²) in [5.74, 6) is -0.368. The molecule has 4 aromatic rings. The van der Waals surface area contributed by atoms with Crippen LogP contribution in [0.4, 0.5) is 4.39 Å². The van der Waals surface area contributed by atoms with Crippen LogP contribution >= 0.6 is 0 Å². The van der Waals surface area contributed by atoms with Crippen molar-refractivity contribution in [2.75, 3.05) is 20.6 Å². The molecule has 1 saturated carbocycles. The minimum atomic E-state index is -1.14. The Kier molecular flexibility index (Phi) is 8.81. The molecule has 0 unspecified atom stereocenters. The molecule has 51 heavy (non-hydrogen) atoms. The van der Waals surface area contributed by atoms with Crippen molar-refractivity contribution >= 4 is 17.7 Å². The Morgan fingerprint density at radius 1 is 0.980 bits per heavy atom. The van der Waals surface area contributed by atoms with Gasteiger partial charge in [0.05, 0.1) is 23.7 Å². The van der Waals surface area contributed by atoms with Crippen LogP contribution in [0.1, 0.15) is 75.0 Å². The topological polar surface area (TPSA) is 165 Å². The summed E-state index contributed by atoms with van der Waals surface area (Å²) in [6, 6.07) is 18.1. The zero-order chi connectivity index (χ0) is 36.0. The molecule has 12 nitrogen and oxygen atoms in total. The lowest BCUT2D eigenvalue weighted by Crippen LogP contribution is -2.46. The number of hydrogen-bond acceptors (Lipinski definition) is 7. The van der Waals surface area contributed by atoms with Crippen molar-refractivity contribution < 1.29 is 18.8 Å². The van der Waals surface area contributed by atoms with Gasteiger partial charge in [0.15, 0.2) is 0 Å². The van der Waals surface area contributed by atoms with Gasteiger partial charge in [-0.3, -0.25) is 19.4 Å². The standard InChI is InChI=1S/C38H39FN8O4/c1-21(43-20-33(48)46-29(19-40)16-26-17-32(26)46)18-38(36-44-37(51)47(45-36)28-10-8-27(39)9-11-28)30-12-6-24(34(49)41-2)14-22(30)4-5-23-15-25(35(50)42-3)7-13-31(23)38/h6-15,21,26,29,32,43H,4-5,16-18,20H2,1-3H3,(H,41,49)(H,42,50)(H,44,45,51)/t21-,26+,29-,32-/m0/s1. The van der Waals surface area contributed by atoms with Crippen molar-refractivity contribution in [2.24, 2.45) is 5.92 Å². The fourth-order valence-corrected chi connectivity index (χ4v) is 8.08. The van der Waals surface area contributed by atoms with E-state index in [1.165, 1.54) is 28.9 Å². The molecule has 7 rings (SSSR count). The SMILES string of the molecule is CNC(=O)c1ccc2c(c1)CCc1cc(C(=O)NC)ccc1C2(C[C@H](C)NCC(=O)N1[C@H](C#N)C[C@@H]2C[C@@H]21)c1nn(-c2ccc(F)cc2)c(=O)[nH]1. The average molecular weight is 691 g/mol. The number of nitrogens with one attached hydrogen (secondary N) is 4. The van der Waals surface area contributed by atoms with Gasteiger partial charge in [0, 0.05) is 37.3 Å². The van der Waals surface area contributed by atoms with E-state index in [9.17, 15) is 28.8 Å². The quantitative estimate of drug-likeness (QED) is 0.210. The number of nitrogens with zero attached hydrogens (tertiary/aromatic N) is 4. The predicted octanol–water partition coefficient (Wildman–Crippen LogP) is 2.73. The highest BCUT2D eigenvalue weighted by Crippen LogP contribution is 2.48. The molecule has 0 spiro atoms. The third-order valence-electron chi connectivity index (χ3n) is 10.6. The van der Waals surface area contributed by atoms with Crippen LogP contribution in [0.25, 0.3) is 5.69 Å². The number of H-pyrrole nitrogens is 1. The number of rotatable bonds is 9. The maximum Gasteiger partial charge on any atom is 0.348 e. The number of carbonyl (C=O) groups excluding carboxylic acids is 3. The minimum Gasteiger partial charge on any atom is -0.355 e. The number of halogens is 1. The first-order valence-electron chi connectivity index (χ1n) is 17.2. The van der Waals surface area contributed by atoms with E-state index in [4.69, 9.17) is 5.10 Å². The van der Waals surface area contributed by atoms with E-state index in [-0.39, 0.29) is 36.3 Å². The molecule has 4 atom stereocenters. The molecule has 0 bridgehead atoms. The second-order valence-corrected chi connectivity index (χ2v) is 13.7. The number of aromatic nitrogens is 3. The summed E-state index contributed by atoms with van der Waals surface area (Å²) in [5, 5.41) is 23.3. The number of piperidine rings is 1. The van der Waals surface area contributed by atoms with E-state index in [1.807, 2.05) is 31.2 Å². The van der Waals surface area contributed by atoms with E-state index in [0.717, 1.165) is 28.7 Å². The lowest BCUT2D eigenvalue weighted by atomic mass is 9.67. The van der Waals surface area contributed by atoms with Gasteiger partial charge >= 0.3 is 5.69 Å². The van der Waals surface area contributed by atoms with E-state index in [1.54, 1.807) is 31.1 Å². The first kappa shape index (κ1) is 33.9. The van der Waals surface area contributed by atoms with Crippen LogP contribution in [-0.2, 0) is 23.1 Å². The Hall–Kier alpha value is -5.61. The number of hydrogen-bond donors (Lipinski definition) is 4. The number of benzene rings is 3. The van der Waals surface area contributed by atoms with Crippen molar-refractivity contribution in [3.05, 3.63) is 116 Å². The second-order valence-electron chi connectivity index (χ2n) is 13.7. The zero-order valence-electron chi connectivity index (χ0n) is 28.6. The molecule has 0 radical (unpaired) electrons. The highest BCUT2D eigenvalue weighted by atomic mass is 19.1. The van der Waals surface area contributed by atoms with Gasteiger partial charge in [-0.15, -0.1) is 5.10 Å². The van der Waals surface area contributed by atoms with Crippen LogP contribution in [-0.4, -0.2) is 76.2 Å². The van der Waals surface area contributed by atoms with Crippen LogP contribution in [0.2, 0.25) is 0 Å². The van der Waals surface area contributed by atoms with Crippen molar-refractivity contribution in [1.82, 2.24) is 35.6 Å². The zero-order valence-corrected chi connectivity index (χ0v) is 28.6. The van der Waals surface area contributed by atoms with Gasteiger partial charge in [-0.1, -0.05) is 12.1 Å². The summed E-state index contributed by atoms with van der Waals surface area (Å²) in [6.45, 7) is 1.97. The van der Waals surface area contributed by atoms with E-state index in [2.05, 4.69) is 27.0 Å². The van der Waals surface area contributed by atoms with Gasteiger partial charge in [0.2, 0.25) is 5.91 Å². The summed E-state index contributed by atoms with van der Waals surface area (Å²) < 4.78 is 15.1. The maximum atomic E-state index is 13.9. The third-order valence-corrected chi connectivity index (χ3v) is 10.6. The normalized spacial score (nSPS) is 20.2. The second kappa shape index (κ2) is 13.3. The van der Waals surface area contributed by atoms with Gasteiger partial charge < -0.3 is 20.9 Å². The number of amides is 3. The number of aryl methyl sites for hydroxylation is 2. The molecule has 1 saturated heterocycles. The van der Waals surface area contributed by atoms with Crippen molar-refractivity contribution in [3.63, 3.8) is 0 Å². The van der Waals surface area contributed by atoms with E-state index < -0.39 is 23.0 Å². The highest BCUT2D eigenvalue weighted by molar-refractivity contribution is 5.95. The van der Waals surface area contributed by atoms with Gasteiger partial charge in [-0.05, 0) is 116 Å². The molecule has 2 fully saturated rings. The Bertz CT molecular complexity index is 2070. The summed E-state index contributed by atoms with van der Waals surface area (Å²) >= 11 is 0. The Morgan fingerprint density at radius 3 is 2.16 bits per heavy atom. The minimum absolute atomic E-state index is 0.0180.